The molecule has 2 aromatic rings. The molecule has 3 heteroatoms. The number of aliphatic carboxylic acids is 1. The fourth-order valence-corrected chi connectivity index (χ4v) is 2.59. The fourth-order valence-electron chi connectivity index (χ4n) is 2.59. The third kappa shape index (κ3) is 5.22. The summed E-state index contributed by atoms with van der Waals surface area (Å²) in [4.78, 5) is 11.3. The number of nitrogens with one attached hydrogen (secondary N) is 1. The van der Waals surface area contributed by atoms with Crippen molar-refractivity contribution in [3.05, 3.63) is 59.7 Å². The molecule has 1 atom stereocenters. The molecule has 0 unspecified atom stereocenters. The zero-order valence-corrected chi connectivity index (χ0v) is 14.0. The SMILES string of the molecule is Cc1ccc(-c2cccc(CN[C@@H](CC(C)C)C(=O)O)c2)cc1. The number of carboxylic acids is 1. The quantitative estimate of drug-likeness (QED) is 0.803. The molecule has 0 spiro atoms. The molecule has 0 aliphatic heterocycles. The van der Waals surface area contributed by atoms with Crippen molar-refractivity contribution < 1.29 is 9.90 Å². The third-order valence-electron chi connectivity index (χ3n) is 3.87. The largest absolute Gasteiger partial charge is 0.480 e. The van der Waals surface area contributed by atoms with Crippen LogP contribution in [0, 0.1) is 12.8 Å². The first-order chi connectivity index (χ1) is 11.0. The first kappa shape index (κ1) is 17.2. The second-order valence-electron chi connectivity index (χ2n) is 6.47. The van der Waals surface area contributed by atoms with Gasteiger partial charge in [-0.3, -0.25) is 4.79 Å². The first-order valence-electron chi connectivity index (χ1n) is 8.08. The van der Waals surface area contributed by atoms with E-state index in [-0.39, 0.29) is 0 Å². The van der Waals surface area contributed by atoms with E-state index in [9.17, 15) is 9.90 Å². The van der Waals surface area contributed by atoms with Crippen molar-refractivity contribution >= 4 is 5.97 Å². The third-order valence-corrected chi connectivity index (χ3v) is 3.87. The standard InChI is InChI=1S/C20H25NO2/c1-14(2)11-19(20(22)23)21-13-16-5-4-6-18(12-16)17-9-7-15(3)8-10-17/h4-10,12,14,19,21H,11,13H2,1-3H3,(H,22,23)/t19-/m0/s1. The average Bonchev–Trinajstić information content (AvgIpc) is 2.52. The van der Waals surface area contributed by atoms with Gasteiger partial charge in [0.25, 0.3) is 0 Å². The van der Waals surface area contributed by atoms with Crippen LogP contribution < -0.4 is 5.32 Å². The Morgan fingerprint density at radius 2 is 1.78 bits per heavy atom. The van der Waals surface area contributed by atoms with Gasteiger partial charge in [0.1, 0.15) is 6.04 Å². The normalized spacial score (nSPS) is 12.3. The van der Waals surface area contributed by atoms with Crippen molar-refractivity contribution in [1.82, 2.24) is 5.32 Å². The molecule has 0 aromatic heterocycles. The monoisotopic (exact) mass is 311 g/mol. The summed E-state index contributed by atoms with van der Waals surface area (Å²) in [6.07, 6.45) is 0.632. The topological polar surface area (TPSA) is 49.3 Å². The maximum absolute atomic E-state index is 11.3. The van der Waals surface area contributed by atoms with Crippen LogP contribution >= 0.6 is 0 Å². The summed E-state index contributed by atoms with van der Waals surface area (Å²) in [5, 5.41) is 12.5. The Morgan fingerprint density at radius 1 is 1.09 bits per heavy atom. The minimum absolute atomic E-state index is 0.350. The van der Waals surface area contributed by atoms with Crippen molar-refractivity contribution in [2.45, 2.75) is 39.8 Å². The predicted molar refractivity (Wildman–Crippen MR) is 94.3 cm³/mol. The lowest BCUT2D eigenvalue weighted by Gasteiger charge is -2.16. The van der Waals surface area contributed by atoms with Crippen LogP contribution in [-0.4, -0.2) is 17.1 Å². The summed E-state index contributed by atoms with van der Waals surface area (Å²) >= 11 is 0. The summed E-state index contributed by atoms with van der Waals surface area (Å²) in [6, 6.07) is 16.2. The second kappa shape index (κ2) is 7.93. The maximum Gasteiger partial charge on any atom is 0.320 e. The smallest absolute Gasteiger partial charge is 0.320 e. The minimum atomic E-state index is -0.784. The fraction of sp³-hybridized carbons (Fsp3) is 0.350. The van der Waals surface area contributed by atoms with Crippen molar-refractivity contribution in [1.29, 1.82) is 0 Å². The van der Waals surface area contributed by atoms with Gasteiger partial charge in [0.15, 0.2) is 0 Å². The molecule has 0 amide bonds. The van der Waals surface area contributed by atoms with Crippen LogP contribution in [0.4, 0.5) is 0 Å². The van der Waals surface area contributed by atoms with Crippen LogP contribution in [-0.2, 0) is 11.3 Å². The van der Waals surface area contributed by atoms with E-state index < -0.39 is 12.0 Å². The molecule has 2 rings (SSSR count). The Labute approximate surface area is 138 Å². The van der Waals surface area contributed by atoms with Crippen molar-refractivity contribution in [3.8, 4) is 11.1 Å². The highest BCUT2D eigenvalue weighted by molar-refractivity contribution is 5.73. The molecule has 0 heterocycles. The first-order valence-corrected chi connectivity index (χ1v) is 8.08. The summed E-state index contributed by atoms with van der Waals surface area (Å²) in [6.45, 7) is 6.71. The molecule has 0 aliphatic rings. The van der Waals surface area contributed by atoms with Crippen LogP contribution in [0.15, 0.2) is 48.5 Å². The van der Waals surface area contributed by atoms with Crippen molar-refractivity contribution in [2.24, 2.45) is 5.92 Å². The summed E-state index contributed by atoms with van der Waals surface area (Å²) in [5.74, 6) is -0.434. The predicted octanol–water partition coefficient (Wildman–Crippen LogP) is 4.25. The number of rotatable bonds is 7. The molecular weight excluding hydrogens is 286 g/mol. The highest BCUT2D eigenvalue weighted by Gasteiger charge is 2.17. The Morgan fingerprint density at radius 3 is 2.39 bits per heavy atom. The molecule has 2 N–H and O–H groups in total. The molecule has 122 valence electrons. The lowest BCUT2D eigenvalue weighted by Crippen LogP contribution is -2.37. The lowest BCUT2D eigenvalue weighted by molar-refractivity contribution is -0.140. The van der Waals surface area contributed by atoms with E-state index in [1.165, 1.54) is 11.1 Å². The van der Waals surface area contributed by atoms with Crippen LogP contribution in [0.2, 0.25) is 0 Å². The minimum Gasteiger partial charge on any atom is -0.480 e. The van der Waals surface area contributed by atoms with E-state index in [0.717, 1.165) is 11.1 Å². The van der Waals surface area contributed by atoms with Gasteiger partial charge in [0.2, 0.25) is 0 Å². The van der Waals surface area contributed by atoms with E-state index in [1.807, 2.05) is 26.0 Å². The molecule has 2 aromatic carbocycles. The Bertz CT molecular complexity index is 647. The second-order valence-corrected chi connectivity index (χ2v) is 6.47. The van der Waals surface area contributed by atoms with Gasteiger partial charge in [-0.2, -0.15) is 0 Å². The number of aryl methyl sites for hydroxylation is 1. The van der Waals surface area contributed by atoms with E-state index >= 15 is 0 Å². The number of benzene rings is 2. The van der Waals surface area contributed by atoms with Gasteiger partial charge in [0, 0.05) is 6.54 Å². The Kier molecular flexibility index (Phi) is 5.94. The van der Waals surface area contributed by atoms with E-state index in [4.69, 9.17) is 0 Å². The Hall–Kier alpha value is -2.13. The number of hydrogen-bond acceptors (Lipinski definition) is 2. The Balaban J connectivity index is 2.07. The van der Waals surface area contributed by atoms with Crippen molar-refractivity contribution in [3.63, 3.8) is 0 Å². The van der Waals surface area contributed by atoms with Crippen LogP contribution in [0.25, 0.3) is 11.1 Å². The van der Waals surface area contributed by atoms with Crippen LogP contribution in [0.1, 0.15) is 31.4 Å². The van der Waals surface area contributed by atoms with Gasteiger partial charge < -0.3 is 10.4 Å². The molecular formula is C20H25NO2. The summed E-state index contributed by atoms with van der Waals surface area (Å²) < 4.78 is 0. The van der Waals surface area contributed by atoms with Gasteiger partial charge in [-0.25, -0.2) is 0 Å². The highest BCUT2D eigenvalue weighted by atomic mass is 16.4. The average molecular weight is 311 g/mol. The van der Waals surface area contributed by atoms with Gasteiger partial charge in [-0.1, -0.05) is 61.9 Å². The highest BCUT2D eigenvalue weighted by Crippen LogP contribution is 2.21. The summed E-state index contributed by atoms with van der Waals surface area (Å²) in [5.41, 5.74) is 4.66. The molecule has 0 bridgehead atoms. The maximum atomic E-state index is 11.3. The van der Waals surface area contributed by atoms with Crippen molar-refractivity contribution in [2.75, 3.05) is 0 Å². The lowest BCUT2D eigenvalue weighted by atomic mass is 10.0. The molecule has 0 radical (unpaired) electrons. The molecule has 23 heavy (non-hydrogen) atoms. The zero-order chi connectivity index (χ0) is 16.8. The van der Waals surface area contributed by atoms with E-state index in [2.05, 4.69) is 48.6 Å². The molecule has 3 nitrogen and oxygen atoms in total. The van der Waals surface area contributed by atoms with Crippen LogP contribution in [0.3, 0.4) is 0 Å². The van der Waals surface area contributed by atoms with Gasteiger partial charge in [-0.15, -0.1) is 0 Å². The number of carbonyl (C=O) groups is 1. The molecule has 0 saturated carbocycles. The number of carboxylic acid groups (broad SMARTS) is 1. The molecule has 0 fully saturated rings. The van der Waals surface area contributed by atoms with E-state index in [1.54, 1.807) is 0 Å². The number of hydrogen-bond donors (Lipinski definition) is 2. The van der Waals surface area contributed by atoms with Gasteiger partial charge in [-0.05, 0) is 42.0 Å². The molecule has 0 saturated heterocycles. The zero-order valence-electron chi connectivity index (χ0n) is 14.0. The van der Waals surface area contributed by atoms with Gasteiger partial charge in [0.05, 0.1) is 0 Å². The van der Waals surface area contributed by atoms with E-state index in [0.29, 0.717) is 18.9 Å². The van der Waals surface area contributed by atoms with Gasteiger partial charge >= 0.3 is 5.97 Å². The molecule has 0 aliphatic carbocycles. The summed E-state index contributed by atoms with van der Waals surface area (Å²) in [7, 11) is 0. The van der Waals surface area contributed by atoms with Crippen LogP contribution in [0.5, 0.6) is 0 Å².